The lowest BCUT2D eigenvalue weighted by molar-refractivity contribution is -0.950. The molecule has 1 fully saturated rings. The fourth-order valence-corrected chi connectivity index (χ4v) is 2.97. The van der Waals surface area contributed by atoms with Crippen LogP contribution in [0.1, 0.15) is 52.9 Å². The zero-order valence-electron chi connectivity index (χ0n) is 15.1. The Balaban J connectivity index is 0.000000220. The van der Waals surface area contributed by atoms with Crippen LogP contribution in [0.25, 0.3) is 0 Å². The largest absolute Gasteiger partial charge is 0.472 e. The molecule has 0 radical (unpaired) electrons. The summed E-state index contributed by atoms with van der Waals surface area (Å²) in [5.41, 5.74) is 6.61. The molecule has 0 aliphatic carbocycles. The van der Waals surface area contributed by atoms with Crippen molar-refractivity contribution < 1.29 is 9.75 Å². The van der Waals surface area contributed by atoms with Crippen molar-refractivity contribution in [1.29, 1.82) is 0 Å². The molecule has 0 bridgehead atoms. The summed E-state index contributed by atoms with van der Waals surface area (Å²) in [7, 11) is 2.21. The first kappa shape index (κ1) is 19.2. The second-order valence-corrected chi connectivity index (χ2v) is 6.29. The molecular weight excluding hydrogens is 274 g/mol. The van der Waals surface area contributed by atoms with Crippen molar-refractivity contribution in [3.63, 3.8) is 0 Å². The monoisotopic (exact) mass is 310 g/mol. The highest BCUT2D eigenvalue weighted by atomic mass is 16.5. The minimum absolute atomic E-state index is 0.609. The molecule has 2 aliphatic heterocycles. The van der Waals surface area contributed by atoms with Gasteiger partial charge in [-0.2, -0.15) is 0 Å². The minimum atomic E-state index is 0.609. The Kier molecular flexibility index (Phi) is 9.44. The number of rotatable bonds is 5. The molecule has 0 aromatic heterocycles. The Bertz CT molecular complexity index is 365. The van der Waals surface area contributed by atoms with Crippen LogP contribution in [0.4, 0.5) is 0 Å². The maximum atomic E-state index is 5.16. The number of nitrogens with zero attached hydrogens (tertiary/aromatic N) is 1. The lowest BCUT2D eigenvalue weighted by atomic mass is 9.96. The first-order valence-electron chi connectivity index (χ1n) is 8.88. The molecule has 0 aromatic carbocycles. The topological polar surface area (TPSA) is 28.9 Å². The van der Waals surface area contributed by atoms with Gasteiger partial charge in [0, 0.05) is 13.1 Å². The van der Waals surface area contributed by atoms with Crippen LogP contribution >= 0.6 is 0 Å². The van der Waals surface area contributed by atoms with Gasteiger partial charge >= 0.3 is 0 Å². The second-order valence-electron chi connectivity index (χ2n) is 6.29. The Hall–Kier alpha value is -0.840. The number of hydrogen-bond donors (Lipinski definition) is 2. The molecule has 0 saturated carbocycles. The number of unbranched alkanes of at least 4 members (excludes halogenated alkanes) is 1. The predicted octanol–water partition coefficient (Wildman–Crippen LogP) is 2.12. The molecule has 4 nitrogen and oxygen atoms in total. The van der Waals surface area contributed by atoms with Crippen molar-refractivity contribution in [1.82, 2.24) is 10.3 Å². The summed E-state index contributed by atoms with van der Waals surface area (Å²) >= 11 is 0. The van der Waals surface area contributed by atoms with Crippen LogP contribution in [-0.2, 0) is 4.74 Å². The van der Waals surface area contributed by atoms with Gasteiger partial charge in [0.15, 0.2) is 13.3 Å². The maximum Gasteiger partial charge on any atom is 0.182 e. The molecule has 128 valence electrons. The lowest BCUT2D eigenvalue weighted by Gasteiger charge is -2.26. The molecule has 4 heteroatoms. The number of quaternary nitrogens is 1. The van der Waals surface area contributed by atoms with E-state index in [9.17, 15) is 0 Å². The van der Waals surface area contributed by atoms with E-state index < -0.39 is 0 Å². The fourth-order valence-electron chi connectivity index (χ4n) is 2.97. The summed E-state index contributed by atoms with van der Waals surface area (Å²) in [5, 5.41) is 1.38. The number of ether oxygens (including phenoxy) is 1. The molecule has 1 unspecified atom stereocenters. The van der Waals surface area contributed by atoms with E-state index in [2.05, 4.69) is 44.7 Å². The lowest BCUT2D eigenvalue weighted by Crippen LogP contribution is -3.19. The van der Waals surface area contributed by atoms with Crippen molar-refractivity contribution in [2.45, 2.75) is 52.9 Å². The normalized spacial score (nSPS) is 22.9. The second kappa shape index (κ2) is 10.8. The van der Waals surface area contributed by atoms with Gasteiger partial charge in [0.25, 0.3) is 0 Å². The average Bonchev–Trinajstić information content (AvgIpc) is 2.53. The van der Waals surface area contributed by atoms with Crippen LogP contribution in [-0.4, -0.2) is 44.9 Å². The van der Waals surface area contributed by atoms with Crippen LogP contribution in [0, 0.1) is 0 Å². The van der Waals surface area contributed by atoms with E-state index in [4.69, 9.17) is 4.74 Å². The van der Waals surface area contributed by atoms with Crippen LogP contribution in [0.15, 0.2) is 23.5 Å². The van der Waals surface area contributed by atoms with Gasteiger partial charge in [0.2, 0.25) is 0 Å². The third kappa shape index (κ3) is 6.95. The van der Waals surface area contributed by atoms with Gasteiger partial charge in [-0.15, -0.1) is 5.43 Å². The van der Waals surface area contributed by atoms with Crippen molar-refractivity contribution >= 4 is 0 Å². The number of likely N-dealkylation sites (N-methyl/N-ethyl adjacent to an activating group) is 1. The van der Waals surface area contributed by atoms with E-state index in [1.807, 2.05) is 0 Å². The van der Waals surface area contributed by atoms with Crippen LogP contribution in [0.2, 0.25) is 0 Å². The van der Waals surface area contributed by atoms with E-state index >= 15 is 0 Å². The van der Waals surface area contributed by atoms with Gasteiger partial charge in [0.1, 0.15) is 5.76 Å². The van der Waals surface area contributed by atoms with Crippen LogP contribution in [0.5, 0.6) is 0 Å². The summed E-state index contributed by atoms with van der Waals surface area (Å²) in [6.45, 7) is 15.7. The quantitative estimate of drug-likeness (QED) is 0.762. The third-order valence-electron chi connectivity index (χ3n) is 4.45. The summed E-state index contributed by atoms with van der Waals surface area (Å²) in [5.74, 6) is 0.898. The summed E-state index contributed by atoms with van der Waals surface area (Å²) in [4.78, 5) is 2.41. The van der Waals surface area contributed by atoms with Gasteiger partial charge in [-0.05, 0) is 32.7 Å². The highest BCUT2D eigenvalue weighted by molar-refractivity contribution is 5.18. The van der Waals surface area contributed by atoms with Crippen LogP contribution < -0.4 is 10.4 Å². The third-order valence-corrected chi connectivity index (χ3v) is 4.45. The molecule has 2 heterocycles. The summed E-state index contributed by atoms with van der Waals surface area (Å²) in [6.07, 6.45) is 6.31. The van der Waals surface area contributed by atoms with Gasteiger partial charge in [0.05, 0.1) is 6.54 Å². The van der Waals surface area contributed by atoms with Gasteiger partial charge in [-0.3, -0.25) is 0 Å². The van der Waals surface area contributed by atoms with Crippen molar-refractivity contribution in [2.24, 2.45) is 0 Å². The van der Waals surface area contributed by atoms with Crippen molar-refractivity contribution in [2.75, 3.05) is 40.0 Å². The van der Waals surface area contributed by atoms with Gasteiger partial charge < -0.3 is 9.64 Å². The van der Waals surface area contributed by atoms with E-state index in [1.54, 1.807) is 11.1 Å². The SMILES string of the molecule is C=C1C[NH+](CCCC)NCO1.CCC1=C(CC)CN(C)CC1. The molecule has 1 saturated heterocycles. The predicted molar refractivity (Wildman–Crippen MR) is 93.6 cm³/mol. The van der Waals surface area contributed by atoms with E-state index in [1.165, 1.54) is 56.7 Å². The summed E-state index contributed by atoms with van der Waals surface area (Å²) < 4.78 is 5.16. The highest BCUT2D eigenvalue weighted by Gasteiger charge is 2.15. The van der Waals surface area contributed by atoms with Crippen LogP contribution in [0.3, 0.4) is 0 Å². The molecule has 2 N–H and O–H groups in total. The van der Waals surface area contributed by atoms with Gasteiger partial charge in [-0.25, -0.2) is 5.01 Å². The zero-order chi connectivity index (χ0) is 16.4. The van der Waals surface area contributed by atoms with E-state index in [-0.39, 0.29) is 0 Å². The molecule has 2 aliphatic rings. The molecule has 22 heavy (non-hydrogen) atoms. The van der Waals surface area contributed by atoms with Crippen molar-refractivity contribution in [3.8, 4) is 0 Å². The number of nitrogens with one attached hydrogen (secondary N) is 2. The molecule has 0 aromatic rings. The van der Waals surface area contributed by atoms with Gasteiger partial charge in [-0.1, -0.05) is 44.9 Å². The smallest absolute Gasteiger partial charge is 0.182 e. The Morgan fingerprint density at radius 1 is 1.23 bits per heavy atom. The first-order valence-corrected chi connectivity index (χ1v) is 8.88. The summed E-state index contributed by atoms with van der Waals surface area (Å²) in [6, 6.07) is 0. The standard InChI is InChI=1S/C10H19N.C8H16N2O/c1-4-9-6-7-11(3)8-10(9)5-2;1-3-4-5-10-6-8(2)11-7-9-10/h4-8H2,1-3H3;9H,2-7H2,1H3/p+1. The molecule has 2 rings (SSSR count). The van der Waals surface area contributed by atoms with E-state index in [0.717, 1.165) is 12.3 Å². The first-order chi connectivity index (χ1) is 10.6. The molecule has 0 amide bonds. The fraction of sp³-hybridized carbons (Fsp3) is 0.778. The average molecular weight is 311 g/mol. The molecule has 0 spiro atoms. The van der Waals surface area contributed by atoms with E-state index in [0.29, 0.717) is 6.73 Å². The minimum Gasteiger partial charge on any atom is -0.472 e. The highest BCUT2D eigenvalue weighted by Crippen LogP contribution is 2.21. The Labute approximate surface area is 137 Å². The Morgan fingerprint density at radius 3 is 2.55 bits per heavy atom. The zero-order valence-corrected chi connectivity index (χ0v) is 15.1. The molecule has 1 atom stereocenters. The van der Waals surface area contributed by atoms with Crippen molar-refractivity contribution in [3.05, 3.63) is 23.5 Å². The molecular formula is C18H36N3O+. The Morgan fingerprint density at radius 2 is 1.95 bits per heavy atom. The maximum absolute atomic E-state index is 5.16. The number of hydrogen-bond acceptors (Lipinski definition) is 3.